The Hall–Kier alpha value is -4.14. The van der Waals surface area contributed by atoms with Gasteiger partial charge in [0.05, 0.1) is 19.4 Å². The van der Waals surface area contributed by atoms with Crippen LogP contribution < -0.4 is 10.1 Å². The molecule has 0 aliphatic heterocycles. The van der Waals surface area contributed by atoms with Crippen LogP contribution in [0.1, 0.15) is 21.5 Å². The minimum Gasteiger partial charge on any atom is -0.497 e. The van der Waals surface area contributed by atoms with E-state index in [0.717, 1.165) is 22.4 Å². The van der Waals surface area contributed by atoms with Crippen molar-refractivity contribution in [3.63, 3.8) is 0 Å². The molecule has 0 aliphatic rings. The number of hydrogen-bond acceptors (Lipinski definition) is 5. The highest BCUT2D eigenvalue weighted by atomic mass is 35.5. The molecule has 0 bridgehead atoms. The second kappa shape index (κ2) is 12.6. The predicted octanol–water partition coefficient (Wildman–Crippen LogP) is 5.55. The van der Waals surface area contributed by atoms with Crippen LogP contribution >= 0.6 is 11.6 Å². The van der Waals surface area contributed by atoms with Crippen molar-refractivity contribution in [2.24, 2.45) is 0 Å². The van der Waals surface area contributed by atoms with Crippen molar-refractivity contribution < 1.29 is 19.1 Å². The van der Waals surface area contributed by atoms with Gasteiger partial charge in [0.15, 0.2) is 0 Å². The number of aromatic nitrogens is 2. The van der Waals surface area contributed by atoms with E-state index < -0.39 is 0 Å². The van der Waals surface area contributed by atoms with E-state index >= 15 is 0 Å². The van der Waals surface area contributed by atoms with Gasteiger partial charge in [0.25, 0.3) is 5.91 Å². The van der Waals surface area contributed by atoms with Crippen LogP contribution in [0.5, 0.6) is 5.75 Å². The normalized spacial score (nSPS) is 10.8. The number of rotatable bonds is 10. The molecule has 9 heteroatoms. The third kappa shape index (κ3) is 6.85. The van der Waals surface area contributed by atoms with E-state index in [9.17, 15) is 9.59 Å². The fraction of sp³-hybridized carbons (Fsp3) is 0.233. The van der Waals surface area contributed by atoms with E-state index in [4.69, 9.17) is 26.1 Å². The third-order valence-electron chi connectivity index (χ3n) is 6.39. The second-order valence-electron chi connectivity index (χ2n) is 9.09. The minimum absolute atomic E-state index is 0.176. The molecule has 0 spiro atoms. The van der Waals surface area contributed by atoms with Gasteiger partial charge in [0.2, 0.25) is 11.9 Å². The van der Waals surface area contributed by atoms with E-state index in [-0.39, 0.29) is 31.5 Å². The van der Waals surface area contributed by atoms with Crippen LogP contribution in [-0.2, 0) is 9.53 Å². The average Bonchev–Trinajstić information content (AvgIpc) is 3.36. The number of hydrogen-bond donors (Lipinski definition) is 1. The molecular formula is C30H31ClN4O4. The van der Waals surface area contributed by atoms with Gasteiger partial charge in [-0.1, -0.05) is 29.8 Å². The number of benzene rings is 3. The van der Waals surface area contributed by atoms with E-state index in [0.29, 0.717) is 28.0 Å². The first-order chi connectivity index (χ1) is 18.8. The Morgan fingerprint density at radius 1 is 0.974 bits per heavy atom. The number of nitrogens with zero attached hydrogens (tertiary/aromatic N) is 3. The molecule has 0 unspecified atom stereocenters. The lowest BCUT2D eigenvalue weighted by molar-refractivity contribution is -0.117. The maximum Gasteiger partial charge on any atom is 0.254 e. The Bertz CT molecular complexity index is 1450. The molecule has 1 aromatic heterocycles. The number of carbonyl (C=O) groups excluding carboxylic acids is 2. The number of amides is 2. The van der Waals surface area contributed by atoms with Crippen LogP contribution in [0.4, 0.5) is 5.95 Å². The highest BCUT2D eigenvalue weighted by Gasteiger charge is 2.21. The van der Waals surface area contributed by atoms with Crippen molar-refractivity contribution in [2.45, 2.75) is 13.8 Å². The van der Waals surface area contributed by atoms with E-state index in [1.54, 1.807) is 50.6 Å². The topological polar surface area (TPSA) is 85.7 Å². The summed E-state index contributed by atoms with van der Waals surface area (Å²) in [5.74, 6) is 0.315. The molecule has 8 nitrogen and oxygen atoms in total. The second-order valence-corrected chi connectivity index (χ2v) is 9.53. The zero-order valence-corrected chi connectivity index (χ0v) is 23.2. The van der Waals surface area contributed by atoms with Crippen LogP contribution in [0.25, 0.3) is 16.9 Å². The molecule has 1 heterocycles. The quantitative estimate of drug-likeness (QED) is 0.282. The Balaban J connectivity index is 1.61. The summed E-state index contributed by atoms with van der Waals surface area (Å²) in [4.78, 5) is 32.7. The lowest BCUT2D eigenvalue weighted by atomic mass is 10.1. The van der Waals surface area contributed by atoms with Gasteiger partial charge in [0.1, 0.15) is 12.3 Å². The average molecular weight is 547 g/mol. The Kier molecular flexibility index (Phi) is 9.01. The lowest BCUT2D eigenvalue weighted by Gasteiger charge is -2.22. The number of aryl methyl sites for hydroxylation is 2. The van der Waals surface area contributed by atoms with E-state index in [2.05, 4.69) is 5.32 Å². The molecule has 2 amide bonds. The number of ether oxygens (including phenoxy) is 2. The Labute approximate surface area is 233 Å². The van der Waals surface area contributed by atoms with Crippen molar-refractivity contribution in [1.82, 2.24) is 14.5 Å². The fourth-order valence-corrected chi connectivity index (χ4v) is 4.13. The zero-order chi connectivity index (χ0) is 27.9. The van der Waals surface area contributed by atoms with Crippen LogP contribution in [-0.4, -0.2) is 60.2 Å². The molecule has 0 saturated carbocycles. The summed E-state index contributed by atoms with van der Waals surface area (Å²) in [5.41, 5.74) is 5.10. The van der Waals surface area contributed by atoms with Crippen molar-refractivity contribution in [3.05, 3.63) is 94.6 Å². The van der Waals surface area contributed by atoms with Gasteiger partial charge in [-0.25, -0.2) is 4.98 Å². The maximum atomic E-state index is 13.3. The largest absolute Gasteiger partial charge is 0.497 e. The zero-order valence-electron chi connectivity index (χ0n) is 22.4. The summed E-state index contributed by atoms with van der Waals surface area (Å²) < 4.78 is 12.2. The molecule has 39 heavy (non-hydrogen) atoms. The standard InChI is InChI=1S/C30H31ClN4O4/c1-20-5-12-25(17-21(20)2)35-18-27(22-6-10-24(31)11-7-22)32-30(35)33-28(36)19-34(15-16-38-3)29(37)23-8-13-26(39-4)14-9-23/h5-14,17-18H,15-16,19H2,1-4H3,(H,32,33,36). The number of anilines is 1. The molecule has 4 rings (SSSR count). The molecular weight excluding hydrogens is 516 g/mol. The van der Waals surface area contributed by atoms with Crippen LogP contribution in [0.2, 0.25) is 5.02 Å². The molecule has 0 saturated heterocycles. The molecule has 1 N–H and O–H groups in total. The first kappa shape index (κ1) is 27.9. The number of methoxy groups -OCH3 is 2. The van der Waals surface area contributed by atoms with E-state index in [1.807, 2.05) is 54.9 Å². The summed E-state index contributed by atoms with van der Waals surface area (Å²) in [6, 6.07) is 20.1. The molecule has 202 valence electrons. The molecule has 4 aromatic rings. The molecule has 0 atom stereocenters. The van der Waals surface area contributed by atoms with Crippen LogP contribution in [0.3, 0.4) is 0 Å². The Morgan fingerprint density at radius 2 is 1.69 bits per heavy atom. The fourth-order valence-electron chi connectivity index (χ4n) is 4.01. The monoisotopic (exact) mass is 546 g/mol. The summed E-state index contributed by atoms with van der Waals surface area (Å²) in [6.07, 6.45) is 1.87. The van der Waals surface area contributed by atoms with Gasteiger partial charge in [-0.2, -0.15) is 0 Å². The van der Waals surface area contributed by atoms with Gasteiger partial charge >= 0.3 is 0 Å². The highest BCUT2D eigenvalue weighted by Crippen LogP contribution is 2.26. The van der Waals surface area contributed by atoms with Gasteiger partial charge < -0.3 is 14.4 Å². The van der Waals surface area contributed by atoms with Crippen LogP contribution in [0, 0.1) is 13.8 Å². The van der Waals surface area contributed by atoms with Crippen LogP contribution in [0.15, 0.2) is 72.9 Å². The highest BCUT2D eigenvalue weighted by molar-refractivity contribution is 6.30. The van der Waals surface area contributed by atoms with Gasteiger partial charge in [-0.15, -0.1) is 0 Å². The molecule has 0 fully saturated rings. The molecule has 0 aliphatic carbocycles. The Morgan fingerprint density at radius 3 is 2.33 bits per heavy atom. The summed E-state index contributed by atoms with van der Waals surface area (Å²) >= 11 is 6.07. The minimum atomic E-state index is -0.383. The summed E-state index contributed by atoms with van der Waals surface area (Å²) in [7, 11) is 3.11. The van der Waals surface area contributed by atoms with Gasteiger partial charge in [-0.05, 0) is 73.5 Å². The first-order valence-corrected chi connectivity index (χ1v) is 12.8. The van der Waals surface area contributed by atoms with Crippen molar-refractivity contribution in [2.75, 3.05) is 39.2 Å². The number of imidazole rings is 1. The molecule has 3 aromatic carbocycles. The smallest absolute Gasteiger partial charge is 0.254 e. The lowest BCUT2D eigenvalue weighted by Crippen LogP contribution is -2.40. The first-order valence-electron chi connectivity index (χ1n) is 12.4. The SMILES string of the molecule is COCCN(CC(=O)Nc1nc(-c2ccc(Cl)cc2)cn1-c1ccc(C)c(C)c1)C(=O)c1ccc(OC)cc1. The number of halogens is 1. The van der Waals surface area contributed by atoms with Crippen molar-refractivity contribution in [3.8, 4) is 22.7 Å². The van der Waals surface area contributed by atoms with Crippen molar-refractivity contribution in [1.29, 1.82) is 0 Å². The molecule has 0 radical (unpaired) electrons. The number of nitrogens with one attached hydrogen (secondary N) is 1. The summed E-state index contributed by atoms with van der Waals surface area (Å²) in [5, 5.41) is 3.53. The number of carbonyl (C=O) groups is 2. The maximum absolute atomic E-state index is 13.3. The van der Waals surface area contributed by atoms with Gasteiger partial charge in [0, 0.05) is 41.7 Å². The summed E-state index contributed by atoms with van der Waals surface area (Å²) in [6.45, 7) is 4.43. The van der Waals surface area contributed by atoms with Gasteiger partial charge in [-0.3, -0.25) is 19.5 Å². The van der Waals surface area contributed by atoms with Crippen molar-refractivity contribution >= 4 is 29.4 Å². The predicted molar refractivity (Wildman–Crippen MR) is 153 cm³/mol. The third-order valence-corrected chi connectivity index (χ3v) is 6.64. The van der Waals surface area contributed by atoms with E-state index in [1.165, 1.54) is 4.90 Å².